The van der Waals surface area contributed by atoms with Crippen LogP contribution in [-0.2, 0) is 0 Å². The fraction of sp³-hybridized carbons (Fsp3) is 0.556. The molecule has 0 aliphatic heterocycles. The fourth-order valence-electron chi connectivity index (χ4n) is 5.24. The van der Waals surface area contributed by atoms with Crippen LogP contribution in [0.2, 0.25) is 0 Å². The zero-order chi connectivity index (χ0) is 13.6. The van der Waals surface area contributed by atoms with E-state index in [-0.39, 0.29) is 5.78 Å². The minimum absolute atomic E-state index is 0.105. The predicted octanol–water partition coefficient (Wildman–Crippen LogP) is 4.04. The summed E-state index contributed by atoms with van der Waals surface area (Å²) in [4.78, 5) is 16.2. The lowest BCUT2D eigenvalue weighted by Gasteiger charge is -2.55. The molecule has 104 valence electrons. The summed E-state index contributed by atoms with van der Waals surface area (Å²) in [5, 5.41) is 0. The molecule has 0 amide bonds. The first-order chi connectivity index (χ1) is 9.72. The monoisotopic (exact) mass is 267 g/mol. The number of rotatable bonds is 3. The van der Waals surface area contributed by atoms with Crippen LogP contribution in [-0.4, -0.2) is 10.8 Å². The lowest BCUT2D eigenvalue weighted by atomic mass is 9.49. The summed E-state index contributed by atoms with van der Waals surface area (Å²) in [6.45, 7) is 0. The molecule has 0 unspecified atom stereocenters. The Labute approximate surface area is 120 Å². The molecule has 0 saturated heterocycles. The minimum atomic E-state index is 0.105. The Morgan fingerprint density at radius 3 is 2.35 bits per heavy atom. The molecule has 2 nitrogen and oxygen atoms in total. The number of hydrogen-bond acceptors (Lipinski definition) is 2. The zero-order valence-corrected chi connectivity index (χ0v) is 11.8. The van der Waals surface area contributed by atoms with Crippen molar-refractivity contribution in [3.63, 3.8) is 0 Å². The third-order valence-electron chi connectivity index (χ3n) is 5.62. The first-order valence-electron chi connectivity index (χ1n) is 7.86. The molecule has 0 atom stereocenters. The van der Waals surface area contributed by atoms with Crippen LogP contribution < -0.4 is 0 Å². The van der Waals surface area contributed by atoms with Gasteiger partial charge in [0.15, 0.2) is 5.78 Å². The Bertz CT molecular complexity index is 511. The van der Waals surface area contributed by atoms with Crippen LogP contribution in [0.1, 0.15) is 48.9 Å². The number of nitrogens with zero attached hydrogens (tertiary/aromatic N) is 1. The SMILES string of the molecule is O=C(C=CC12CC3CC(CC(C3)C1)C2)c1cccnc1. The van der Waals surface area contributed by atoms with E-state index in [1.165, 1.54) is 38.5 Å². The Balaban J connectivity index is 1.54. The molecule has 4 bridgehead atoms. The molecule has 0 radical (unpaired) electrons. The predicted molar refractivity (Wildman–Crippen MR) is 78.3 cm³/mol. The first-order valence-corrected chi connectivity index (χ1v) is 7.86. The minimum Gasteiger partial charge on any atom is -0.289 e. The molecule has 0 spiro atoms. The number of aromatic nitrogens is 1. The standard InChI is InChI=1S/C18H21NO/c20-17(16-2-1-5-19-12-16)3-4-18-9-13-6-14(10-18)8-15(7-13)11-18/h1-5,12-15H,6-11H2. The number of carbonyl (C=O) groups is 1. The maximum absolute atomic E-state index is 12.2. The van der Waals surface area contributed by atoms with Gasteiger partial charge < -0.3 is 0 Å². The van der Waals surface area contributed by atoms with Crippen molar-refractivity contribution >= 4 is 5.78 Å². The molecule has 4 aliphatic rings. The van der Waals surface area contributed by atoms with Gasteiger partial charge in [-0.25, -0.2) is 0 Å². The normalized spacial score (nSPS) is 38.5. The van der Waals surface area contributed by atoms with Crippen LogP contribution in [0.25, 0.3) is 0 Å². The number of ketones is 1. The van der Waals surface area contributed by atoms with Crippen molar-refractivity contribution in [1.82, 2.24) is 4.98 Å². The topological polar surface area (TPSA) is 30.0 Å². The Hall–Kier alpha value is -1.44. The smallest absolute Gasteiger partial charge is 0.187 e. The van der Waals surface area contributed by atoms with Crippen LogP contribution in [0.5, 0.6) is 0 Å². The van der Waals surface area contributed by atoms with E-state index in [9.17, 15) is 4.79 Å². The second kappa shape index (κ2) is 4.54. The van der Waals surface area contributed by atoms with Gasteiger partial charge in [-0.2, -0.15) is 0 Å². The number of pyridine rings is 1. The van der Waals surface area contributed by atoms with Crippen molar-refractivity contribution in [1.29, 1.82) is 0 Å². The van der Waals surface area contributed by atoms with Gasteiger partial charge in [0.2, 0.25) is 0 Å². The molecule has 2 heteroatoms. The highest BCUT2D eigenvalue weighted by Gasteiger charge is 2.49. The molecule has 4 fully saturated rings. The summed E-state index contributed by atoms with van der Waals surface area (Å²) in [5.74, 6) is 2.90. The van der Waals surface area contributed by atoms with Crippen molar-refractivity contribution in [2.24, 2.45) is 23.2 Å². The van der Waals surface area contributed by atoms with E-state index in [0.29, 0.717) is 11.0 Å². The maximum Gasteiger partial charge on any atom is 0.187 e. The quantitative estimate of drug-likeness (QED) is 0.611. The molecule has 4 saturated carbocycles. The van der Waals surface area contributed by atoms with E-state index in [1.54, 1.807) is 12.4 Å². The summed E-state index contributed by atoms with van der Waals surface area (Å²) in [6, 6.07) is 3.67. The summed E-state index contributed by atoms with van der Waals surface area (Å²) >= 11 is 0. The molecule has 1 heterocycles. The largest absolute Gasteiger partial charge is 0.289 e. The van der Waals surface area contributed by atoms with Crippen molar-refractivity contribution < 1.29 is 4.79 Å². The zero-order valence-electron chi connectivity index (χ0n) is 11.8. The Morgan fingerprint density at radius 1 is 1.15 bits per heavy atom. The van der Waals surface area contributed by atoms with Crippen molar-refractivity contribution in [2.45, 2.75) is 38.5 Å². The molecular formula is C18H21NO. The van der Waals surface area contributed by atoms with Crippen LogP contribution >= 0.6 is 0 Å². The number of allylic oxidation sites excluding steroid dienone is 2. The highest BCUT2D eigenvalue weighted by molar-refractivity contribution is 6.04. The van der Waals surface area contributed by atoms with E-state index in [4.69, 9.17) is 0 Å². The van der Waals surface area contributed by atoms with Crippen LogP contribution in [0, 0.1) is 23.2 Å². The lowest BCUT2D eigenvalue weighted by molar-refractivity contribution is -0.0238. The summed E-state index contributed by atoms with van der Waals surface area (Å²) in [5.41, 5.74) is 1.04. The molecule has 4 aliphatic carbocycles. The number of carbonyl (C=O) groups excluding carboxylic acids is 1. The van der Waals surface area contributed by atoms with Gasteiger partial charge >= 0.3 is 0 Å². The van der Waals surface area contributed by atoms with Crippen LogP contribution in [0.3, 0.4) is 0 Å². The van der Waals surface area contributed by atoms with E-state index >= 15 is 0 Å². The summed E-state index contributed by atoms with van der Waals surface area (Å²) in [6.07, 6.45) is 15.7. The van der Waals surface area contributed by atoms with Crippen molar-refractivity contribution in [3.05, 3.63) is 42.2 Å². The van der Waals surface area contributed by atoms with E-state index < -0.39 is 0 Å². The first kappa shape index (κ1) is 12.3. The van der Waals surface area contributed by atoms with Gasteiger partial charge in [0.1, 0.15) is 0 Å². The Kier molecular flexibility index (Phi) is 2.80. The molecule has 1 aromatic heterocycles. The molecular weight excluding hydrogens is 246 g/mol. The highest BCUT2D eigenvalue weighted by atomic mass is 16.1. The van der Waals surface area contributed by atoms with Gasteiger partial charge in [-0.15, -0.1) is 0 Å². The van der Waals surface area contributed by atoms with Crippen LogP contribution in [0.15, 0.2) is 36.7 Å². The highest BCUT2D eigenvalue weighted by Crippen LogP contribution is 2.60. The molecule has 20 heavy (non-hydrogen) atoms. The molecule has 0 N–H and O–H groups in total. The van der Waals surface area contributed by atoms with E-state index in [2.05, 4.69) is 11.1 Å². The average molecular weight is 267 g/mol. The second-order valence-corrected chi connectivity index (χ2v) is 7.22. The number of hydrogen-bond donors (Lipinski definition) is 0. The molecule has 0 aromatic carbocycles. The third kappa shape index (κ3) is 2.11. The van der Waals surface area contributed by atoms with Gasteiger partial charge in [-0.1, -0.05) is 6.08 Å². The molecule has 5 rings (SSSR count). The van der Waals surface area contributed by atoms with E-state index in [0.717, 1.165) is 17.8 Å². The lowest BCUT2D eigenvalue weighted by Crippen LogP contribution is -2.45. The fourth-order valence-corrected chi connectivity index (χ4v) is 5.24. The Morgan fingerprint density at radius 2 is 1.80 bits per heavy atom. The van der Waals surface area contributed by atoms with Gasteiger partial charge in [0.05, 0.1) is 0 Å². The van der Waals surface area contributed by atoms with Gasteiger partial charge in [-0.05, 0) is 79.9 Å². The second-order valence-electron chi connectivity index (χ2n) is 7.22. The van der Waals surface area contributed by atoms with Crippen molar-refractivity contribution in [2.75, 3.05) is 0 Å². The van der Waals surface area contributed by atoms with Gasteiger partial charge in [0, 0.05) is 18.0 Å². The maximum atomic E-state index is 12.2. The summed E-state index contributed by atoms with van der Waals surface area (Å²) in [7, 11) is 0. The third-order valence-corrected chi connectivity index (χ3v) is 5.62. The van der Waals surface area contributed by atoms with Crippen LogP contribution in [0.4, 0.5) is 0 Å². The van der Waals surface area contributed by atoms with Crippen molar-refractivity contribution in [3.8, 4) is 0 Å². The average Bonchev–Trinajstić information content (AvgIpc) is 2.44. The molecule has 1 aromatic rings. The van der Waals surface area contributed by atoms with Gasteiger partial charge in [0.25, 0.3) is 0 Å². The summed E-state index contributed by atoms with van der Waals surface area (Å²) < 4.78 is 0. The van der Waals surface area contributed by atoms with E-state index in [1.807, 2.05) is 18.2 Å². The van der Waals surface area contributed by atoms with Gasteiger partial charge in [-0.3, -0.25) is 9.78 Å².